The molecule has 19 heavy (non-hydrogen) atoms. The molecule has 1 N–H and O–H groups in total. The van der Waals surface area contributed by atoms with Crippen molar-refractivity contribution in [2.45, 2.75) is 52.1 Å². The van der Waals surface area contributed by atoms with Crippen LogP contribution in [-0.4, -0.2) is 59.0 Å². The SMILES string of the molecule is CC(C)CC(C)N(C)C(=O)CN1CCC[C@H]1C(=O)O. The van der Waals surface area contributed by atoms with Crippen LogP contribution in [0.2, 0.25) is 0 Å². The number of hydrogen-bond donors (Lipinski definition) is 1. The summed E-state index contributed by atoms with van der Waals surface area (Å²) < 4.78 is 0. The van der Waals surface area contributed by atoms with Crippen LogP contribution in [0.4, 0.5) is 0 Å². The van der Waals surface area contributed by atoms with Gasteiger partial charge in [0, 0.05) is 13.1 Å². The topological polar surface area (TPSA) is 60.9 Å². The summed E-state index contributed by atoms with van der Waals surface area (Å²) in [5.74, 6) is -0.256. The van der Waals surface area contributed by atoms with Gasteiger partial charge in [-0.3, -0.25) is 14.5 Å². The number of nitrogens with zero attached hydrogens (tertiary/aromatic N) is 2. The van der Waals surface area contributed by atoms with Gasteiger partial charge in [0.15, 0.2) is 0 Å². The van der Waals surface area contributed by atoms with Crippen molar-refractivity contribution in [2.75, 3.05) is 20.1 Å². The van der Waals surface area contributed by atoms with Crippen LogP contribution in [0.15, 0.2) is 0 Å². The summed E-state index contributed by atoms with van der Waals surface area (Å²) in [6, 6.07) is -0.295. The molecule has 1 aliphatic rings. The molecule has 5 heteroatoms. The Morgan fingerprint density at radius 3 is 2.53 bits per heavy atom. The Labute approximate surface area is 115 Å². The van der Waals surface area contributed by atoms with Crippen LogP contribution >= 0.6 is 0 Å². The Hall–Kier alpha value is -1.10. The maximum Gasteiger partial charge on any atom is 0.320 e. The highest BCUT2D eigenvalue weighted by atomic mass is 16.4. The predicted octanol–water partition coefficient (Wildman–Crippen LogP) is 1.43. The van der Waals surface area contributed by atoms with Crippen molar-refractivity contribution >= 4 is 11.9 Å². The molecule has 0 bridgehead atoms. The molecule has 5 nitrogen and oxygen atoms in total. The third-order valence-corrected chi connectivity index (χ3v) is 3.85. The van der Waals surface area contributed by atoms with Crippen LogP contribution in [0.1, 0.15) is 40.0 Å². The second-order valence-corrected chi connectivity index (χ2v) is 5.95. The van der Waals surface area contributed by atoms with Crippen LogP contribution in [0.5, 0.6) is 0 Å². The average molecular weight is 270 g/mol. The number of carbonyl (C=O) groups excluding carboxylic acids is 1. The fraction of sp³-hybridized carbons (Fsp3) is 0.857. The van der Waals surface area contributed by atoms with Crippen molar-refractivity contribution in [1.29, 1.82) is 0 Å². The van der Waals surface area contributed by atoms with E-state index in [-0.39, 0.29) is 18.5 Å². The molecular weight excluding hydrogens is 244 g/mol. The maximum absolute atomic E-state index is 12.2. The van der Waals surface area contributed by atoms with Crippen LogP contribution in [-0.2, 0) is 9.59 Å². The molecule has 2 atom stereocenters. The molecule has 0 aromatic carbocycles. The normalized spacial score (nSPS) is 21.6. The lowest BCUT2D eigenvalue weighted by Crippen LogP contribution is -2.46. The van der Waals surface area contributed by atoms with Gasteiger partial charge in [-0.2, -0.15) is 0 Å². The molecule has 1 unspecified atom stereocenters. The molecule has 0 radical (unpaired) electrons. The lowest BCUT2D eigenvalue weighted by molar-refractivity contribution is -0.143. The van der Waals surface area contributed by atoms with Gasteiger partial charge in [0.1, 0.15) is 6.04 Å². The van der Waals surface area contributed by atoms with Crippen LogP contribution < -0.4 is 0 Å². The number of hydrogen-bond acceptors (Lipinski definition) is 3. The molecule has 1 aliphatic heterocycles. The minimum absolute atomic E-state index is 0.0151. The van der Waals surface area contributed by atoms with Crippen molar-refractivity contribution < 1.29 is 14.7 Å². The molecule has 0 spiro atoms. The summed E-state index contributed by atoms with van der Waals surface area (Å²) >= 11 is 0. The van der Waals surface area contributed by atoms with Crippen molar-refractivity contribution in [3.63, 3.8) is 0 Å². The molecule has 0 aromatic rings. The Morgan fingerprint density at radius 2 is 2.00 bits per heavy atom. The lowest BCUT2D eigenvalue weighted by atomic mass is 10.0. The highest BCUT2D eigenvalue weighted by molar-refractivity contribution is 5.80. The van der Waals surface area contributed by atoms with E-state index in [1.165, 1.54) is 0 Å². The van der Waals surface area contributed by atoms with Crippen LogP contribution in [0.3, 0.4) is 0 Å². The molecule has 1 fully saturated rings. The minimum atomic E-state index is -0.816. The highest BCUT2D eigenvalue weighted by Gasteiger charge is 2.32. The largest absolute Gasteiger partial charge is 0.480 e. The lowest BCUT2D eigenvalue weighted by Gasteiger charge is -2.29. The van der Waals surface area contributed by atoms with E-state index in [1.54, 1.807) is 16.8 Å². The summed E-state index contributed by atoms with van der Waals surface area (Å²) in [5.41, 5.74) is 0. The average Bonchev–Trinajstić information content (AvgIpc) is 2.75. The minimum Gasteiger partial charge on any atom is -0.480 e. The van der Waals surface area contributed by atoms with Gasteiger partial charge < -0.3 is 10.0 Å². The fourth-order valence-electron chi connectivity index (χ4n) is 2.67. The molecular formula is C14H26N2O3. The summed E-state index contributed by atoms with van der Waals surface area (Å²) in [5, 5.41) is 9.10. The molecule has 1 amide bonds. The molecule has 110 valence electrons. The van der Waals surface area contributed by atoms with Gasteiger partial charge >= 0.3 is 5.97 Å². The fourth-order valence-corrected chi connectivity index (χ4v) is 2.67. The van der Waals surface area contributed by atoms with Gasteiger partial charge in [0.05, 0.1) is 6.54 Å². The molecule has 1 heterocycles. The van der Waals surface area contributed by atoms with Gasteiger partial charge in [-0.1, -0.05) is 13.8 Å². The number of likely N-dealkylation sites (N-methyl/N-ethyl adjacent to an activating group) is 1. The number of carbonyl (C=O) groups is 2. The summed E-state index contributed by atoms with van der Waals surface area (Å²) in [6.45, 7) is 7.23. The second kappa shape index (κ2) is 6.89. The molecule has 1 rings (SSSR count). The zero-order valence-corrected chi connectivity index (χ0v) is 12.4. The number of rotatable bonds is 6. The molecule has 1 saturated heterocycles. The Kier molecular flexibility index (Phi) is 5.79. The van der Waals surface area contributed by atoms with Gasteiger partial charge in [-0.25, -0.2) is 0 Å². The first-order valence-corrected chi connectivity index (χ1v) is 7.05. The summed E-state index contributed by atoms with van der Waals surface area (Å²) in [4.78, 5) is 26.8. The molecule has 0 aromatic heterocycles. The standard InChI is InChI=1S/C14H26N2O3/c1-10(2)8-11(3)15(4)13(17)9-16-7-5-6-12(16)14(18)19/h10-12H,5-9H2,1-4H3,(H,18,19)/t11?,12-/m0/s1. The van der Waals surface area contributed by atoms with E-state index in [0.717, 1.165) is 12.8 Å². The Bertz CT molecular complexity index is 331. The van der Waals surface area contributed by atoms with Crippen molar-refractivity contribution in [3.8, 4) is 0 Å². The Morgan fingerprint density at radius 1 is 1.37 bits per heavy atom. The van der Waals surface area contributed by atoms with E-state index in [1.807, 2.05) is 6.92 Å². The molecule has 0 saturated carbocycles. The van der Waals surface area contributed by atoms with Crippen LogP contribution in [0, 0.1) is 5.92 Å². The van der Waals surface area contributed by atoms with E-state index >= 15 is 0 Å². The van der Waals surface area contributed by atoms with E-state index in [9.17, 15) is 9.59 Å². The quantitative estimate of drug-likeness (QED) is 0.793. The van der Waals surface area contributed by atoms with Gasteiger partial charge in [0.25, 0.3) is 0 Å². The third-order valence-electron chi connectivity index (χ3n) is 3.85. The second-order valence-electron chi connectivity index (χ2n) is 5.95. The van der Waals surface area contributed by atoms with Crippen molar-refractivity contribution in [3.05, 3.63) is 0 Å². The zero-order chi connectivity index (χ0) is 14.6. The first kappa shape index (κ1) is 16.0. The number of carboxylic acids is 1. The van der Waals surface area contributed by atoms with E-state index in [2.05, 4.69) is 13.8 Å². The number of aliphatic carboxylic acids is 1. The molecule has 0 aliphatic carbocycles. The summed E-state index contributed by atoms with van der Waals surface area (Å²) in [7, 11) is 1.81. The van der Waals surface area contributed by atoms with Gasteiger partial charge in [-0.05, 0) is 38.6 Å². The number of likely N-dealkylation sites (tertiary alicyclic amines) is 1. The zero-order valence-electron chi connectivity index (χ0n) is 12.4. The third kappa shape index (κ3) is 4.49. The van der Waals surface area contributed by atoms with Crippen molar-refractivity contribution in [1.82, 2.24) is 9.80 Å². The Balaban J connectivity index is 2.52. The first-order chi connectivity index (χ1) is 8.82. The van der Waals surface area contributed by atoms with Gasteiger partial charge in [-0.15, -0.1) is 0 Å². The monoisotopic (exact) mass is 270 g/mol. The van der Waals surface area contributed by atoms with Crippen molar-refractivity contribution in [2.24, 2.45) is 5.92 Å². The summed E-state index contributed by atoms with van der Waals surface area (Å²) in [6.07, 6.45) is 2.47. The van der Waals surface area contributed by atoms with Crippen LogP contribution in [0.25, 0.3) is 0 Å². The smallest absolute Gasteiger partial charge is 0.320 e. The van der Waals surface area contributed by atoms with E-state index in [4.69, 9.17) is 5.11 Å². The van der Waals surface area contributed by atoms with Gasteiger partial charge in [0.2, 0.25) is 5.91 Å². The predicted molar refractivity (Wildman–Crippen MR) is 73.9 cm³/mol. The highest BCUT2D eigenvalue weighted by Crippen LogP contribution is 2.18. The van der Waals surface area contributed by atoms with E-state index in [0.29, 0.717) is 18.9 Å². The van der Waals surface area contributed by atoms with E-state index < -0.39 is 12.0 Å². The number of amides is 1. The maximum atomic E-state index is 12.2. The first-order valence-electron chi connectivity index (χ1n) is 7.05. The number of carboxylic acid groups (broad SMARTS) is 1.